The summed E-state index contributed by atoms with van der Waals surface area (Å²) in [6, 6.07) is 11.7. The standard InChI is InChI=1S/C24H25FN6/c25-19-12-18(14-26-16-19)24-29-22(13-23(30-24)31-10-4-1-5-11-31)27-9-8-17-15-28-21-7-3-2-6-20(17)21/h2-3,6-7,12-16,28H,1,4-5,8-11H2,(H,27,29,30). The Labute approximate surface area is 180 Å². The molecule has 1 aromatic carbocycles. The third-order valence-electron chi connectivity index (χ3n) is 5.73. The summed E-state index contributed by atoms with van der Waals surface area (Å²) in [5.74, 6) is 1.72. The average Bonchev–Trinajstić information content (AvgIpc) is 3.23. The summed E-state index contributed by atoms with van der Waals surface area (Å²) in [4.78, 5) is 19.0. The fourth-order valence-electron chi connectivity index (χ4n) is 4.14. The van der Waals surface area contributed by atoms with Crippen molar-refractivity contribution in [3.05, 3.63) is 66.4 Å². The fraction of sp³-hybridized carbons (Fsp3) is 0.292. The van der Waals surface area contributed by atoms with Crippen molar-refractivity contribution in [2.45, 2.75) is 25.7 Å². The van der Waals surface area contributed by atoms with Crippen molar-refractivity contribution in [1.29, 1.82) is 0 Å². The van der Waals surface area contributed by atoms with Crippen LogP contribution in [-0.2, 0) is 6.42 Å². The van der Waals surface area contributed by atoms with Crippen LogP contribution in [0.1, 0.15) is 24.8 Å². The van der Waals surface area contributed by atoms with Crippen molar-refractivity contribution < 1.29 is 4.39 Å². The molecule has 1 aliphatic rings. The zero-order valence-electron chi connectivity index (χ0n) is 17.3. The molecule has 0 amide bonds. The highest BCUT2D eigenvalue weighted by molar-refractivity contribution is 5.83. The van der Waals surface area contributed by atoms with Crippen molar-refractivity contribution in [2.24, 2.45) is 0 Å². The molecule has 2 N–H and O–H groups in total. The Hall–Kier alpha value is -3.48. The van der Waals surface area contributed by atoms with Crippen LogP contribution in [0.15, 0.2) is 55.0 Å². The molecule has 0 bridgehead atoms. The maximum Gasteiger partial charge on any atom is 0.165 e. The molecule has 6 nitrogen and oxygen atoms in total. The van der Waals surface area contributed by atoms with Gasteiger partial charge in [0.25, 0.3) is 0 Å². The average molecular weight is 417 g/mol. The Balaban J connectivity index is 1.39. The van der Waals surface area contributed by atoms with Gasteiger partial charge < -0.3 is 15.2 Å². The van der Waals surface area contributed by atoms with Gasteiger partial charge in [0.1, 0.15) is 17.5 Å². The number of aromatic amines is 1. The first-order valence-electron chi connectivity index (χ1n) is 10.8. The highest BCUT2D eigenvalue weighted by Crippen LogP contribution is 2.25. The fourth-order valence-corrected chi connectivity index (χ4v) is 4.14. The Morgan fingerprint density at radius 2 is 1.90 bits per heavy atom. The molecule has 3 aromatic heterocycles. The molecule has 0 unspecified atom stereocenters. The van der Waals surface area contributed by atoms with Crippen LogP contribution < -0.4 is 10.2 Å². The Bertz CT molecular complexity index is 1180. The number of aromatic nitrogens is 4. The second-order valence-electron chi connectivity index (χ2n) is 7.91. The summed E-state index contributed by atoms with van der Waals surface area (Å²) in [5, 5.41) is 4.69. The van der Waals surface area contributed by atoms with E-state index in [1.54, 1.807) is 6.20 Å². The Morgan fingerprint density at radius 1 is 1.03 bits per heavy atom. The number of rotatable bonds is 6. The van der Waals surface area contributed by atoms with Crippen LogP contribution in [-0.4, -0.2) is 39.6 Å². The van der Waals surface area contributed by atoms with Gasteiger partial charge in [-0.15, -0.1) is 0 Å². The van der Waals surface area contributed by atoms with Gasteiger partial charge in [-0.1, -0.05) is 18.2 Å². The van der Waals surface area contributed by atoms with E-state index in [1.165, 1.54) is 29.6 Å². The lowest BCUT2D eigenvalue weighted by atomic mass is 10.1. The molecule has 4 aromatic rings. The van der Waals surface area contributed by atoms with Crippen LogP contribution in [0.5, 0.6) is 0 Å². The lowest BCUT2D eigenvalue weighted by Gasteiger charge is -2.28. The molecule has 1 fully saturated rings. The van der Waals surface area contributed by atoms with Gasteiger partial charge in [0, 0.05) is 54.6 Å². The van der Waals surface area contributed by atoms with Crippen LogP contribution in [0.2, 0.25) is 0 Å². The third kappa shape index (κ3) is 4.35. The minimum atomic E-state index is -0.390. The first-order chi connectivity index (χ1) is 15.3. The minimum Gasteiger partial charge on any atom is -0.370 e. The minimum absolute atomic E-state index is 0.390. The van der Waals surface area contributed by atoms with Gasteiger partial charge in [0.15, 0.2) is 5.82 Å². The van der Waals surface area contributed by atoms with Gasteiger partial charge >= 0.3 is 0 Å². The van der Waals surface area contributed by atoms with E-state index < -0.39 is 5.82 Å². The van der Waals surface area contributed by atoms with E-state index in [4.69, 9.17) is 4.98 Å². The van der Waals surface area contributed by atoms with Crippen LogP contribution in [0.25, 0.3) is 22.3 Å². The summed E-state index contributed by atoms with van der Waals surface area (Å²) in [6.07, 6.45) is 9.29. The molecule has 0 radical (unpaired) electrons. The predicted molar refractivity (Wildman–Crippen MR) is 122 cm³/mol. The van der Waals surface area contributed by atoms with Gasteiger partial charge in [0.2, 0.25) is 0 Å². The van der Waals surface area contributed by atoms with Gasteiger partial charge in [-0.25, -0.2) is 14.4 Å². The number of piperidine rings is 1. The topological polar surface area (TPSA) is 69.7 Å². The second-order valence-corrected chi connectivity index (χ2v) is 7.91. The number of halogens is 1. The van der Waals surface area contributed by atoms with Crippen molar-refractivity contribution in [2.75, 3.05) is 29.9 Å². The van der Waals surface area contributed by atoms with Gasteiger partial charge in [-0.2, -0.15) is 0 Å². The monoisotopic (exact) mass is 416 g/mol. The van der Waals surface area contributed by atoms with Gasteiger partial charge in [-0.3, -0.25) is 4.98 Å². The normalized spacial score (nSPS) is 14.2. The quantitative estimate of drug-likeness (QED) is 0.472. The van der Waals surface area contributed by atoms with Crippen LogP contribution in [0, 0.1) is 5.82 Å². The van der Waals surface area contributed by atoms with Crippen molar-refractivity contribution >= 4 is 22.5 Å². The van der Waals surface area contributed by atoms with Crippen molar-refractivity contribution in [1.82, 2.24) is 19.9 Å². The maximum atomic E-state index is 13.7. The summed E-state index contributed by atoms with van der Waals surface area (Å²) in [6.45, 7) is 2.69. The van der Waals surface area contributed by atoms with Crippen molar-refractivity contribution in [3.8, 4) is 11.4 Å². The number of anilines is 2. The number of pyridine rings is 1. The summed E-state index contributed by atoms with van der Waals surface area (Å²) < 4.78 is 13.7. The van der Waals surface area contributed by atoms with Crippen LogP contribution in [0.3, 0.4) is 0 Å². The number of hydrogen-bond acceptors (Lipinski definition) is 5. The van der Waals surface area contributed by atoms with E-state index in [2.05, 4.69) is 49.6 Å². The number of nitrogens with zero attached hydrogens (tertiary/aromatic N) is 4. The lowest BCUT2D eigenvalue weighted by molar-refractivity contribution is 0.573. The SMILES string of the molecule is Fc1cncc(-c2nc(NCCc3c[nH]c4ccccc34)cc(N3CCCCC3)n2)c1. The molecule has 1 aliphatic heterocycles. The second kappa shape index (κ2) is 8.71. The van der Waals surface area contributed by atoms with Gasteiger partial charge in [-0.05, 0) is 43.4 Å². The largest absolute Gasteiger partial charge is 0.370 e. The van der Waals surface area contributed by atoms with E-state index in [-0.39, 0.29) is 0 Å². The zero-order valence-corrected chi connectivity index (χ0v) is 17.3. The van der Waals surface area contributed by atoms with Crippen LogP contribution in [0.4, 0.5) is 16.0 Å². The van der Waals surface area contributed by atoms with Crippen LogP contribution >= 0.6 is 0 Å². The molecule has 158 valence electrons. The first kappa shape index (κ1) is 19.5. The van der Waals surface area contributed by atoms with E-state index in [9.17, 15) is 4.39 Å². The van der Waals surface area contributed by atoms with E-state index >= 15 is 0 Å². The number of H-pyrrole nitrogens is 1. The van der Waals surface area contributed by atoms with Crippen molar-refractivity contribution in [3.63, 3.8) is 0 Å². The predicted octanol–water partition coefficient (Wildman–Crippen LogP) is 4.80. The maximum absolute atomic E-state index is 13.7. The first-order valence-corrected chi connectivity index (χ1v) is 10.8. The Morgan fingerprint density at radius 3 is 2.77 bits per heavy atom. The smallest absolute Gasteiger partial charge is 0.165 e. The number of para-hydroxylation sites is 1. The summed E-state index contributed by atoms with van der Waals surface area (Å²) in [5.41, 5.74) is 2.99. The van der Waals surface area contributed by atoms with E-state index in [0.29, 0.717) is 11.4 Å². The molecule has 4 heterocycles. The van der Waals surface area contributed by atoms with Gasteiger partial charge in [0.05, 0.1) is 6.20 Å². The molecule has 0 spiro atoms. The molecular weight excluding hydrogens is 391 g/mol. The molecule has 31 heavy (non-hydrogen) atoms. The third-order valence-corrected chi connectivity index (χ3v) is 5.73. The van der Waals surface area contributed by atoms with E-state index in [0.717, 1.165) is 56.0 Å². The molecule has 7 heteroatoms. The van der Waals surface area contributed by atoms with E-state index in [1.807, 2.05) is 12.1 Å². The summed E-state index contributed by atoms with van der Waals surface area (Å²) in [7, 11) is 0. The number of nitrogens with one attached hydrogen (secondary N) is 2. The molecule has 0 saturated carbocycles. The number of benzene rings is 1. The molecule has 0 aliphatic carbocycles. The molecule has 1 saturated heterocycles. The number of hydrogen-bond donors (Lipinski definition) is 2. The highest BCUT2D eigenvalue weighted by Gasteiger charge is 2.16. The zero-order chi connectivity index (χ0) is 21.0. The molecule has 0 atom stereocenters. The molecule has 5 rings (SSSR count). The Kier molecular flexibility index (Phi) is 5.48. The molecular formula is C24H25FN6. The number of fused-ring (bicyclic) bond motifs is 1. The lowest BCUT2D eigenvalue weighted by Crippen LogP contribution is -2.30. The highest BCUT2D eigenvalue weighted by atomic mass is 19.1. The summed E-state index contributed by atoms with van der Waals surface area (Å²) >= 11 is 0.